The third-order valence-electron chi connectivity index (χ3n) is 3.48. The summed E-state index contributed by atoms with van der Waals surface area (Å²) in [5, 5.41) is 23.3. The molecule has 8 nitrogen and oxygen atoms in total. The van der Waals surface area contributed by atoms with Gasteiger partial charge in [-0.1, -0.05) is 11.8 Å². The minimum atomic E-state index is -1.14. The van der Waals surface area contributed by atoms with Gasteiger partial charge in [-0.2, -0.15) is 5.10 Å². The SMILES string of the molecule is CCn1ncnc1SCC1=C(C(=O)O)N2C(=O)[C@@H](O)[C@H]2SC1. The van der Waals surface area contributed by atoms with Crippen molar-refractivity contribution in [1.82, 2.24) is 19.7 Å². The van der Waals surface area contributed by atoms with Gasteiger partial charge in [0, 0.05) is 18.1 Å². The van der Waals surface area contributed by atoms with Crippen LogP contribution in [0.4, 0.5) is 0 Å². The number of carboxylic acids is 1. The highest BCUT2D eigenvalue weighted by Gasteiger charge is 2.52. The number of carbonyl (C=O) groups excluding carboxylic acids is 1. The van der Waals surface area contributed by atoms with Gasteiger partial charge in [0.1, 0.15) is 17.4 Å². The summed E-state index contributed by atoms with van der Waals surface area (Å²) < 4.78 is 1.73. The van der Waals surface area contributed by atoms with Crippen molar-refractivity contribution in [1.29, 1.82) is 0 Å². The Kier molecular flexibility index (Phi) is 4.15. The van der Waals surface area contributed by atoms with Crippen LogP contribution in [-0.4, -0.2) is 64.7 Å². The maximum atomic E-state index is 11.7. The number of aliphatic hydroxyl groups excluding tert-OH is 1. The molecule has 0 aromatic carbocycles. The number of carboxylic acid groups (broad SMARTS) is 1. The van der Waals surface area contributed by atoms with Crippen molar-refractivity contribution in [2.24, 2.45) is 0 Å². The fraction of sp³-hybridized carbons (Fsp3) is 0.500. The zero-order valence-corrected chi connectivity index (χ0v) is 13.3. The van der Waals surface area contributed by atoms with Crippen molar-refractivity contribution < 1.29 is 19.8 Å². The van der Waals surface area contributed by atoms with Gasteiger partial charge in [-0.3, -0.25) is 9.69 Å². The number of hydrogen-bond donors (Lipinski definition) is 2. The van der Waals surface area contributed by atoms with Gasteiger partial charge in [-0.25, -0.2) is 14.5 Å². The smallest absolute Gasteiger partial charge is 0.352 e. The molecule has 1 saturated heterocycles. The maximum Gasteiger partial charge on any atom is 0.352 e. The zero-order valence-electron chi connectivity index (χ0n) is 11.7. The Morgan fingerprint density at radius 1 is 1.59 bits per heavy atom. The second kappa shape index (κ2) is 5.94. The van der Waals surface area contributed by atoms with Crippen molar-refractivity contribution in [3.63, 3.8) is 0 Å². The van der Waals surface area contributed by atoms with Crippen LogP contribution >= 0.6 is 23.5 Å². The number of β-lactam (4-membered cyclic amide) rings is 1. The highest BCUT2D eigenvalue weighted by Crippen LogP contribution is 2.41. The molecule has 2 N–H and O–H groups in total. The van der Waals surface area contributed by atoms with E-state index >= 15 is 0 Å². The van der Waals surface area contributed by atoms with Gasteiger partial charge in [0.2, 0.25) is 0 Å². The summed E-state index contributed by atoms with van der Waals surface area (Å²) in [6.07, 6.45) is 0.357. The number of thioether (sulfide) groups is 2. The lowest BCUT2D eigenvalue weighted by molar-refractivity contribution is -0.159. The highest BCUT2D eigenvalue weighted by atomic mass is 32.2. The molecule has 3 rings (SSSR count). The summed E-state index contributed by atoms with van der Waals surface area (Å²) in [7, 11) is 0. The highest BCUT2D eigenvalue weighted by molar-refractivity contribution is 8.01. The molecule has 2 aliphatic heterocycles. The lowest BCUT2D eigenvalue weighted by atomic mass is 10.1. The Labute approximate surface area is 134 Å². The number of fused-ring (bicyclic) bond motifs is 1. The number of aliphatic hydroxyl groups is 1. The molecule has 1 amide bonds. The van der Waals surface area contributed by atoms with E-state index in [0.717, 1.165) is 0 Å². The first-order valence-electron chi connectivity index (χ1n) is 6.63. The standard InChI is InChI=1S/C12H14N4O4S2/c1-2-15-12(13-5-14-15)22-4-6-3-21-10-8(17)9(18)16(10)7(6)11(19)20/h5,8,10,17H,2-4H2,1H3,(H,19,20)/t8-,10-/m1/s1. The van der Waals surface area contributed by atoms with Crippen LogP contribution in [0.5, 0.6) is 0 Å². The number of aromatic nitrogens is 3. The molecule has 0 bridgehead atoms. The molecule has 1 aromatic heterocycles. The zero-order chi connectivity index (χ0) is 15.9. The Hall–Kier alpha value is -1.52. The van der Waals surface area contributed by atoms with Gasteiger partial charge in [-0.15, -0.1) is 11.8 Å². The normalized spacial score (nSPS) is 24.3. The van der Waals surface area contributed by atoms with E-state index in [1.54, 1.807) is 4.68 Å². The first kappa shape index (κ1) is 15.4. The Morgan fingerprint density at radius 3 is 3.05 bits per heavy atom. The lowest BCUT2D eigenvalue weighted by Crippen LogP contribution is -2.64. The van der Waals surface area contributed by atoms with Crippen LogP contribution in [0.3, 0.4) is 0 Å². The van der Waals surface area contributed by atoms with Crippen molar-refractivity contribution >= 4 is 35.4 Å². The third kappa shape index (κ3) is 2.40. The predicted molar refractivity (Wildman–Crippen MR) is 80.2 cm³/mol. The average Bonchev–Trinajstić information content (AvgIpc) is 2.98. The number of amides is 1. The molecule has 118 valence electrons. The summed E-state index contributed by atoms with van der Waals surface area (Å²) in [4.78, 5) is 28.5. The molecule has 1 fully saturated rings. The van der Waals surface area contributed by atoms with Crippen LogP contribution in [0.1, 0.15) is 6.92 Å². The van der Waals surface area contributed by atoms with Crippen LogP contribution < -0.4 is 0 Å². The van der Waals surface area contributed by atoms with E-state index in [4.69, 9.17) is 0 Å². The Morgan fingerprint density at radius 2 is 2.36 bits per heavy atom. The van der Waals surface area contributed by atoms with E-state index in [-0.39, 0.29) is 5.70 Å². The second-order valence-electron chi connectivity index (χ2n) is 4.76. The maximum absolute atomic E-state index is 11.7. The lowest BCUT2D eigenvalue weighted by Gasteiger charge is -2.47. The number of hydrogen-bond acceptors (Lipinski definition) is 7. The third-order valence-corrected chi connectivity index (χ3v) is 5.87. The van der Waals surface area contributed by atoms with E-state index < -0.39 is 23.4 Å². The summed E-state index contributed by atoms with van der Waals surface area (Å²) in [5.74, 6) is -0.799. The van der Waals surface area contributed by atoms with Gasteiger partial charge in [0.15, 0.2) is 11.3 Å². The van der Waals surface area contributed by atoms with E-state index in [0.29, 0.717) is 28.8 Å². The van der Waals surface area contributed by atoms with Crippen LogP contribution in [0.2, 0.25) is 0 Å². The van der Waals surface area contributed by atoms with E-state index in [1.807, 2.05) is 6.92 Å². The van der Waals surface area contributed by atoms with Crippen molar-refractivity contribution in [2.75, 3.05) is 11.5 Å². The minimum Gasteiger partial charge on any atom is -0.477 e. The molecular formula is C12H14N4O4S2. The summed E-state index contributed by atoms with van der Waals surface area (Å²) in [6, 6.07) is 0. The minimum absolute atomic E-state index is 0.00545. The monoisotopic (exact) mass is 342 g/mol. The average molecular weight is 342 g/mol. The molecule has 0 spiro atoms. The largest absolute Gasteiger partial charge is 0.477 e. The fourth-order valence-electron chi connectivity index (χ4n) is 2.37. The molecule has 0 radical (unpaired) electrons. The molecule has 1 aromatic rings. The first-order valence-corrected chi connectivity index (χ1v) is 8.66. The quantitative estimate of drug-likeness (QED) is 0.569. The first-order chi connectivity index (χ1) is 10.5. The molecule has 0 aliphatic carbocycles. The van der Waals surface area contributed by atoms with Gasteiger partial charge < -0.3 is 10.2 Å². The van der Waals surface area contributed by atoms with Crippen molar-refractivity contribution in [3.05, 3.63) is 17.6 Å². The van der Waals surface area contributed by atoms with Crippen LogP contribution in [0.25, 0.3) is 0 Å². The molecule has 10 heteroatoms. The van der Waals surface area contributed by atoms with Crippen LogP contribution in [-0.2, 0) is 16.1 Å². The Bertz CT molecular complexity index is 659. The number of rotatable bonds is 5. The van der Waals surface area contributed by atoms with E-state index in [2.05, 4.69) is 10.1 Å². The van der Waals surface area contributed by atoms with E-state index in [9.17, 15) is 19.8 Å². The molecular weight excluding hydrogens is 328 g/mol. The predicted octanol–water partition coefficient (Wildman–Crippen LogP) is 0.00480. The molecule has 0 saturated carbocycles. The summed E-state index contributed by atoms with van der Waals surface area (Å²) in [5.41, 5.74) is 0.652. The van der Waals surface area contributed by atoms with Crippen LogP contribution in [0.15, 0.2) is 22.8 Å². The van der Waals surface area contributed by atoms with Crippen LogP contribution in [0, 0.1) is 0 Å². The van der Waals surface area contributed by atoms with Gasteiger partial charge in [0.25, 0.3) is 5.91 Å². The van der Waals surface area contributed by atoms with Crippen molar-refractivity contribution in [3.8, 4) is 0 Å². The topological polar surface area (TPSA) is 109 Å². The number of carbonyl (C=O) groups is 2. The molecule has 3 heterocycles. The Balaban J connectivity index is 1.81. The van der Waals surface area contributed by atoms with Crippen molar-refractivity contribution in [2.45, 2.75) is 30.1 Å². The molecule has 22 heavy (non-hydrogen) atoms. The summed E-state index contributed by atoms with van der Waals surface area (Å²) >= 11 is 2.77. The summed E-state index contributed by atoms with van der Waals surface area (Å²) in [6.45, 7) is 2.63. The fourth-order valence-corrected chi connectivity index (χ4v) is 4.76. The second-order valence-corrected chi connectivity index (χ2v) is 6.81. The van der Waals surface area contributed by atoms with Gasteiger partial charge in [0.05, 0.1) is 0 Å². The van der Waals surface area contributed by atoms with E-state index in [1.165, 1.54) is 34.8 Å². The number of nitrogens with zero attached hydrogens (tertiary/aromatic N) is 4. The van der Waals surface area contributed by atoms with Gasteiger partial charge in [-0.05, 0) is 12.5 Å². The molecule has 2 aliphatic rings. The van der Waals surface area contributed by atoms with Gasteiger partial charge >= 0.3 is 5.97 Å². The number of aliphatic carboxylic acids is 1. The number of aryl methyl sites for hydroxylation is 1. The molecule has 0 unspecified atom stereocenters. The molecule has 2 atom stereocenters.